The lowest BCUT2D eigenvalue weighted by Gasteiger charge is -2.31. The van der Waals surface area contributed by atoms with Crippen molar-refractivity contribution < 1.29 is 14.1 Å². The minimum Gasteiger partial charge on any atom is -0.489 e. The van der Waals surface area contributed by atoms with Gasteiger partial charge in [-0.15, -0.1) is 0 Å². The van der Waals surface area contributed by atoms with Crippen molar-refractivity contribution in [1.29, 1.82) is 0 Å². The minimum atomic E-state index is 0.168. The zero-order chi connectivity index (χ0) is 18.5. The molecular weight excluding hydrogens is 330 g/mol. The van der Waals surface area contributed by atoms with E-state index < -0.39 is 0 Å². The van der Waals surface area contributed by atoms with Crippen LogP contribution in [-0.2, 0) is 17.8 Å². The van der Waals surface area contributed by atoms with E-state index >= 15 is 0 Å². The fourth-order valence-corrected chi connectivity index (χ4v) is 3.26. The molecule has 1 aliphatic heterocycles. The number of carbonyl (C=O) groups is 1. The molecule has 0 spiro atoms. The third kappa shape index (κ3) is 4.43. The molecule has 3 rings (SSSR count). The number of amides is 1. The zero-order valence-corrected chi connectivity index (χ0v) is 15.7. The molecule has 2 aromatic rings. The Hall–Kier alpha value is -2.34. The van der Waals surface area contributed by atoms with Crippen LogP contribution in [0.4, 0.5) is 0 Å². The lowest BCUT2D eigenvalue weighted by atomic mass is 10.0. The maximum absolute atomic E-state index is 12.5. The lowest BCUT2D eigenvalue weighted by Crippen LogP contribution is -2.44. The van der Waals surface area contributed by atoms with Gasteiger partial charge in [0.15, 0.2) is 0 Å². The van der Waals surface area contributed by atoms with Crippen molar-refractivity contribution in [1.82, 2.24) is 15.4 Å². The smallest absolute Gasteiger partial charge is 0.226 e. The Morgan fingerprint density at radius 2 is 1.96 bits per heavy atom. The van der Waals surface area contributed by atoms with Crippen molar-refractivity contribution in [2.24, 2.45) is 0 Å². The lowest BCUT2D eigenvalue weighted by molar-refractivity contribution is -0.131. The SMILES string of the molecule is Cc1noc(C)c1COc1ccc(CC(=O)N(C)C2CCNCC2)cc1. The number of aryl methyl sites for hydroxylation is 2. The van der Waals surface area contributed by atoms with Crippen molar-refractivity contribution in [3.8, 4) is 5.75 Å². The van der Waals surface area contributed by atoms with E-state index in [0.29, 0.717) is 19.1 Å². The fraction of sp³-hybridized carbons (Fsp3) is 0.500. The molecule has 0 saturated carbocycles. The summed E-state index contributed by atoms with van der Waals surface area (Å²) in [5, 5.41) is 7.26. The van der Waals surface area contributed by atoms with Crippen LogP contribution in [0.1, 0.15) is 35.4 Å². The van der Waals surface area contributed by atoms with Crippen molar-refractivity contribution in [2.75, 3.05) is 20.1 Å². The van der Waals surface area contributed by atoms with Crippen LogP contribution in [0.5, 0.6) is 5.75 Å². The van der Waals surface area contributed by atoms with E-state index in [9.17, 15) is 4.79 Å². The first-order valence-electron chi connectivity index (χ1n) is 9.14. The molecule has 2 heterocycles. The number of aromatic nitrogens is 1. The van der Waals surface area contributed by atoms with Crippen LogP contribution in [0.25, 0.3) is 0 Å². The molecule has 0 atom stereocenters. The summed E-state index contributed by atoms with van der Waals surface area (Å²) >= 11 is 0. The van der Waals surface area contributed by atoms with E-state index in [0.717, 1.165) is 54.3 Å². The van der Waals surface area contributed by atoms with E-state index in [1.54, 1.807) is 0 Å². The number of benzene rings is 1. The predicted molar refractivity (Wildman–Crippen MR) is 99.1 cm³/mol. The first-order valence-corrected chi connectivity index (χ1v) is 9.14. The van der Waals surface area contributed by atoms with Gasteiger partial charge in [0.05, 0.1) is 17.7 Å². The topological polar surface area (TPSA) is 67.6 Å². The van der Waals surface area contributed by atoms with Gasteiger partial charge in [-0.2, -0.15) is 0 Å². The molecule has 1 amide bonds. The van der Waals surface area contributed by atoms with Crippen molar-refractivity contribution >= 4 is 5.91 Å². The van der Waals surface area contributed by atoms with E-state index in [1.165, 1.54) is 0 Å². The number of likely N-dealkylation sites (N-methyl/N-ethyl adjacent to an activating group) is 1. The van der Waals surface area contributed by atoms with Gasteiger partial charge in [-0.1, -0.05) is 17.3 Å². The van der Waals surface area contributed by atoms with Crippen LogP contribution in [0.15, 0.2) is 28.8 Å². The van der Waals surface area contributed by atoms with Crippen LogP contribution < -0.4 is 10.1 Å². The summed E-state index contributed by atoms with van der Waals surface area (Å²) in [6.07, 6.45) is 2.47. The maximum atomic E-state index is 12.5. The largest absolute Gasteiger partial charge is 0.489 e. The number of nitrogens with zero attached hydrogens (tertiary/aromatic N) is 2. The second-order valence-electron chi connectivity index (χ2n) is 6.90. The Morgan fingerprint density at radius 3 is 2.58 bits per heavy atom. The molecule has 1 fully saturated rings. The summed E-state index contributed by atoms with van der Waals surface area (Å²) in [6, 6.07) is 8.08. The number of ether oxygens (including phenoxy) is 1. The predicted octanol–water partition coefficient (Wildman–Crippen LogP) is 2.62. The van der Waals surface area contributed by atoms with Crippen LogP contribution in [0.2, 0.25) is 0 Å². The Bertz CT molecular complexity index is 714. The summed E-state index contributed by atoms with van der Waals surface area (Å²) in [7, 11) is 1.92. The number of nitrogens with one attached hydrogen (secondary N) is 1. The van der Waals surface area contributed by atoms with Crippen molar-refractivity contribution in [3.63, 3.8) is 0 Å². The van der Waals surface area contributed by atoms with E-state index in [4.69, 9.17) is 9.26 Å². The molecule has 140 valence electrons. The molecule has 26 heavy (non-hydrogen) atoms. The average molecular weight is 357 g/mol. The number of hydrogen-bond acceptors (Lipinski definition) is 5. The van der Waals surface area contributed by atoms with Gasteiger partial charge in [-0.3, -0.25) is 4.79 Å². The molecule has 1 aliphatic rings. The van der Waals surface area contributed by atoms with Gasteiger partial charge in [0.25, 0.3) is 0 Å². The van der Waals surface area contributed by atoms with Gasteiger partial charge in [0, 0.05) is 13.1 Å². The normalized spacial score (nSPS) is 15.0. The van der Waals surface area contributed by atoms with E-state index in [2.05, 4.69) is 10.5 Å². The summed E-state index contributed by atoms with van der Waals surface area (Å²) < 4.78 is 11.0. The Labute approximate surface area is 154 Å². The molecule has 1 aromatic carbocycles. The maximum Gasteiger partial charge on any atom is 0.226 e. The monoisotopic (exact) mass is 357 g/mol. The first-order chi connectivity index (χ1) is 12.5. The molecule has 1 saturated heterocycles. The summed E-state index contributed by atoms with van der Waals surface area (Å²) in [6.45, 7) is 6.19. The standard InChI is InChI=1S/C20H27N3O3/c1-14-19(15(2)26-22-14)13-25-18-6-4-16(5-7-18)12-20(24)23(3)17-8-10-21-11-9-17/h4-7,17,21H,8-13H2,1-3H3. The second-order valence-corrected chi connectivity index (χ2v) is 6.90. The van der Waals surface area contributed by atoms with E-state index in [-0.39, 0.29) is 5.91 Å². The van der Waals surface area contributed by atoms with Gasteiger partial charge >= 0.3 is 0 Å². The quantitative estimate of drug-likeness (QED) is 0.861. The highest BCUT2D eigenvalue weighted by molar-refractivity contribution is 5.78. The fourth-order valence-electron chi connectivity index (χ4n) is 3.26. The van der Waals surface area contributed by atoms with Gasteiger partial charge in [-0.25, -0.2) is 0 Å². The van der Waals surface area contributed by atoms with Crippen LogP contribution in [-0.4, -0.2) is 42.1 Å². The Morgan fingerprint density at radius 1 is 1.27 bits per heavy atom. The average Bonchev–Trinajstić information content (AvgIpc) is 2.99. The Balaban J connectivity index is 1.53. The first kappa shape index (κ1) is 18.5. The molecule has 0 aliphatic carbocycles. The highest BCUT2D eigenvalue weighted by atomic mass is 16.5. The highest BCUT2D eigenvalue weighted by Gasteiger charge is 2.21. The molecule has 0 bridgehead atoms. The van der Waals surface area contributed by atoms with E-state index in [1.807, 2.05) is 50.1 Å². The van der Waals surface area contributed by atoms with Crippen molar-refractivity contribution in [3.05, 3.63) is 46.8 Å². The molecule has 6 nitrogen and oxygen atoms in total. The molecular formula is C20H27N3O3. The molecule has 6 heteroatoms. The molecule has 0 unspecified atom stereocenters. The number of rotatable bonds is 6. The summed E-state index contributed by atoms with van der Waals surface area (Å²) in [5.41, 5.74) is 2.83. The number of carbonyl (C=O) groups excluding carboxylic acids is 1. The van der Waals surface area contributed by atoms with Gasteiger partial charge in [0.1, 0.15) is 18.1 Å². The number of hydrogen-bond donors (Lipinski definition) is 1. The zero-order valence-electron chi connectivity index (χ0n) is 15.7. The summed E-state index contributed by atoms with van der Waals surface area (Å²) in [5.74, 6) is 1.72. The third-order valence-corrected chi connectivity index (χ3v) is 5.09. The third-order valence-electron chi connectivity index (χ3n) is 5.09. The van der Waals surface area contributed by atoms with Crippen LogP contribution >= 0.6 is 0 Å². The minimum absolute atomic E-state index is 0.168. The highest BCUT2D eigenvalue weighted by Crippen LogP contribution is 2.19. The molecule has 1 aromatic heterocycles. The molecule has 0 radical (unpaired) electrons. The van der Waals surface area contributed by atoms with Gasteiger partial charge in [-0.05, 0) is 57.5 Å². The summed E-state index contributed by atoms with van der Waals surface area (Å²) in [4.78, 5) is 14.4. The second kappa shape index (κ2) is 8.36. The van der Waals surface area contributed by atoms with Crippen LogP contribution in [0.3, 0.4) is 0 Å². The van der Waals surface area contributed by atoms with Crippen LogP contribution in [0, 0.1) is 13.8 Å². The van der Waals surface area contributed by atoms with Crippen molar-refractivity contribution in [2.45, 2.75) is 45.8 Å². The van der Waals surface area contributed by atoms with Gasteiger partial charge in [0.2, 0.25) is 5.91 Å². The molecule has 1 N–H and O–H groups in total. The Kier molecular flexibility index (Phi) is 5.93. The number of piperidine rings is 1. The van der Waals surface area contributed by atoms with Gasteiger partial charge < -0.3 is 19.5 Å².